The maximum absolute atomic E-state index is 12.3. The topological polar surface area (TPSA) is 47.6 Å². The van der Waals surface area contributed by atoms with Gasteiger partial charge in [0.2, 0.25) is 0 Å². The minimum absolute atomic E-state index is 0.0383. The summed E-state index contributed by atoms with van der Waals surface area (Å²) in [5.41, 5.74) is 0.659. The molecule has 0 radical (unpaired) electrons. The van der Waals surface area contributed by atoms with Gasteiger partial charge in [0.1, 0.15) is 0 Å². The van der Waals surface area contributed by atoms with Gasteiger partial charge in [-0.2, -0.15) is 0 Å². The smallest absolute Gasteiger partial charge is 0.252 e. The van der Waals surface area contributed by atoms with Crippen LogP contribution in [-0.4, -0.2) is 30.9 Å². The average molecular weight is 419 g/mol. The van der Waals surface area contributed by atoms with Crippen molar-refractivity contribution in [2.75, 3.05) is 13.2 Å². The van der Waals surface area contributed by atoms with Crippen molar-refractivity contribution in [1.29, 1.82) is 0 Å². The molecule has 4 nitrogen and oxygen atoms in total. The third-order valence-corrected chi connectivity index (χ3v) is 5.22. The number of carbonyl (C=O) groups excluding carboxylic acids is 1. The Bertz CT molecular complexity index is 534. The highest BCUT2D eigenvalue weighted by Gasteiger charge is 2.40. The molecule has 1 saturated carbocycles. The zero-order chi connectivity index (χ0) is 14.9. The zero-order valence-corrected chi connectivity index (χ0v) is 14.7. The van der Waals surface area contributed by atoms with Crippen molar-refractivity contribution >= 4 is 37.8 Å². The number of ether oxygens (including phenoxy) is 2. The van der Waals surface area contributed by atoms with E-state index in [-0.39, 0.29) is 17.7 Å². The Balaban J connectivity index is 1.58. The number of nitrogens with one attached hydrogen (secondary N) is 1. The van der Waals surface area contributed by atoms with Crippen LogP contribution >= 0.6 is 31.9 Å². The van der Waals surface area contributed by atoms with Gasteiger partial charge >= 0.3 is 0 Å². The highest BCUT2D eigenvalue weighted by Crippen LogP contribution is 2.35. The normalized spacial score (nSPS) is 21.6. The van der Waals surface area contributed by atoms with Gasteiger partial charge < -0.3 is 14.8 Å². The van der Waals surface area contributed by atoms with Crippen LogP contribution in [0.3, 0.4) is 0 Å². The van der Waals surface area contributed by atoms with Gasteiger partial charge in [0, 0.05) is 27.8 Å². The first-order valence-electron chi connectivity index (χ1n) is 7.12. The van der Waals surface area contributed by atoms with Crippen molar-refractivity contribution < 1.29 is 14.3 Å². The predicted octanol–water partition coefficient (Wildman–Crippen LogP) is 3.63. The standard InChI is InChI=1S/C15H17Br2NO3/c16-10-1-2-12(13(17)9-10)14(19)18-11-3-5-15(6-4-11)20-7-8-21-15/h1-2,9,11H,3-8H2,(H,18,19). The fourth-order valence-corrected chi connectivity index (χ4v) is 4.15. The highest BCUT2D eigenvalue weighted by molar-refractivity contribution is 9.11. The molecule has 1 aliphatic heterocycles. The molecule has 2 aliphatic rings. The molecule has 0 atom stereocenters. The minimum Gasteiger partial charge on any atom is -0.349 e. The van der Waals surface area contributed by atoms with E-state index in [0.717, 1.165) is 34.6 Å². The summed E-state index contributed by atoms with van der Waals surface area (Å²) in [5, 5.41) is 3.11. The lowest BCUT2D eigenvalue weighted by Crippen LogP contribution is -2.44. The highest BCUT2D eigenvalue weighted by atomic mass is 79.9. The van der Waals surface area contributed by atoms with Crippen LogP contribution in [0.4, 0.5) is 0 Å². The van der Waals surface area contributed by atoms with Crippen molar-refractivity contribution in [2.24, 2.45) is 0 Å². The van der Waals surface area contributed by atoms with E-state index in [4.69, 9.17) is 9.47 Å². The molecule has 0 bridgehead atoms. The van der Waals surface area contributed by atoms with E-state index in [9.17, 15) is 4.79 Å². The zero-order valence-electron chi connectivity index (χ0n) is 11.5. The third-order valence-electron chi connectivity index (χ3n) is 4.07. The Morgan fingerprint density at radius 3 is 2.48 bits per heavy atom. The fraction of sp³-hybridized carbons (Fsp3) is 0.533. The van der Waals surface area contributed by atoms with Crippen LogP contribution in [0.15, 0.2) is 27.1 Å². The van der Waals surface area contributed by atoms with E-state index in [2.05, 4.69) is 37.2 Å². The van der Waals surface area contributed by atoms with Gasteiger partial charge in [-0.25, -0.2) is 0 Å². The number of carbonyl (C=O) groups is 1. The Hall–Kier alpha value is -0.430. The first kappa shape index (κ1) is 15.5. The number of benzene rings is 1. The van der Waals surface area contributed by atoms with E-state index in [1.165, 1.54) is 0 Å². The number of hydrogen-bond donors (Lipinski definition) is 1. The van der Waals surface area contributed by atoms with Crippen molar-refractivity contribution in [3.8, 4) is 0 Å². The molecule has 1 N–H and O–H groups in total. The van der Waals surface area contributed by atoms with E-state index < -0.39 is 0 Å². The number of halogens is 2. The lowest BCUT2D eigenvalue weighted by molar-refractivity contribution is -0.179. The van der Waals surface area contributed by atoms with Crippen molar-refractivity contribution in [3.05, 3.63) is 32.7 Å². The molecule has 114 valence electrons. The van der Waals surface area contributed by atoms with Gasteiger partial charge in [0.15, 0.2) is 5.79 Å². The molecule has 1 aromatic carbocycles. The quantitative estimate of drug-likeness (QED) is 0.797. The van der Waals surface area contributed by atoms with Gasteiger partial charge in [0.25, 0.3) is 5.91 Å². The van der Waals surface area contributed by atoms with Crippen molar-refractivity contribution in [2.45, 2.75) is 37.5 Å². The second kappa shape index (κ2) is 6.36. The van der Waals surface area contributed by atoms with Crippen LogP contribution in [0.1, 0.15) is 36.0 Å². The summed E-state index contributed by atoms with van der Waals surface area (Å²) in [6, 6.07) is 5.75. The summed E-state index contributed by atoms with van der Waals surface area (Å²) in [6.45, 7) is 1.37. The number of rotatable bonds is 2. The minimum atomic E-state index is -0.376. The Labute approximate surface area is 140 Å². The third kappa shape index (κ3) is 3.50. The van der Waals surface area contributed by atoms with Crippen LogP contribution in [0.25, 0.3) is 0 Å². The second-order valence-electron chi connectivity index (χ2n) is 5.48. The molecule has 0 unspecified atom stereocenters. The second-order valence-corrected chi connectivity index (χ2v) is 7.25. The van der Waals surface area contributed by atoms with E-state index in [1.54, 1.807) is 0 Å². The summed E-state index contributed by atoms with van der Waals surface area (Å²) in [4.78, 5) is 12.3. The molecule has 0 aromatic heterocycles. The van der Waals surface area contributed by atoms with Gasteiger partial charge in [0.05, 0.1) is 18.8 Å². The predicted molar refractivity (Wildman–Crippen MR) is 86.2 cm³/mol. The molecule has 1 aromatic rings. The number of hydrogen-bond acceptors (Lipinski definition) is 3. The van der Waals surface area contributed by atoms with Crippen LogP contribution in [0.5, 0.6) is 0 Å². The monoisotopic (exact) mass is 417 g/mol. The largest absolute Gasteiger partial charge is 0.349 e. The maximum atomic E-state index is 12.3. The van der Waals surface area contributed by atoms with Crippen LogP contribution < -0.4 is 5.32 Å². The van der Waals surface area contributed by atoms with Crippen LogP contribution in [-0.2, 0) is 9.47 Å². The lowest BCUT2D eigenvalue weighted by Gasteiger charge is -2.35. The van der Waals surface area contributed by atoms with E-state index in [0.29, 0.717) is 18.8 Å². The Kier molecular flexibility index (Phi) is 4.69. The van der Waals surface area contributed by atoms with Crippen LogP contribution in [0, 0.1) is 0 Å². The van der Waals surface area contributed by atoms with Gasteiger partial charge in [-0.3, -0.25) is 4.79 Å². The molecule has 1 heterocycles. The molecule has 1 saturated heterocycles. The molecule has 1 spiro atoms. The number of amides is 1. The molecular formula is C15H17Br2NO3. The fourth-order valence-electron chi connectivity index (χ4n) is 2.92. The maximum Gasteiger partial charge on any atom is 0.252 e. The van der Waals surface area contributed by atoms with Crippen LogP contribution in [0.2, 0.25) is 0 Å². The summed E-state index contributed by atoms with van der Waals surface area (Å²) in [6.07, 6.45) is 3.47. The first-order valence-corrected chi connectivity index (χ1v) is 8.70. The molecule has 1 aliphatic carbocycles. The summed E-state index contributed by atoms with van der Waals surface area (Å²) >= 11 is 6.82. The van der Waals surface area contributed by atoms with E-state index in [1.807, 2.05) is 18.2 Å². The van der Waals surface area contributed by atoms with Gasteiger partial charge in [-0.15, -0.1) is 0 Å². The summed E-state index contributed by atoms with van der Waals surface area (Å²) in [7, 11) is 0. The van der Waals surface area contributed by atoms with Crippen molar-refractivity contribution in [3.63, 3.8) is 0 Å². The van der Waals surface area contributed by atoms with Crippen molar-refractivity contribution in [1.82, 2.24) is 5.32 Å². The molecule has 1 amide bonds. The molecule has 21 heavy (non-hydrogen) atoms. The van der Waals surface area contributed by atoms with Gasteiger partial charge in [-0.1, -0.05) is 15.9 Å². The molecule has 6 heteroatoms. The Morgan fingerprint density at radius 2 is 1.86 bits per heavy atom. The summed E-state index contributed by atoms with van der Waals surface area (Å²) in [5.74, 6) is -0.414. The summed E-state index contributed by atoms with van der Waals surface area (Å²) < 4.78 is 13.1. The molecular weight excluding hydrogens is 402 g/mol. The van der Waals surface area contributed by atoms with Gasteiger partial charge in [-0.05, 0) is 47.0 Å². The average Bonchev–Trinajstić information content (AvgIpc) is 2.90. The SMILES string of the molecule is O=C(NC1CCC2(CC1)OCCO2)c1ccc(Br)cc1Br. The van der Waals surface area contributed by atoms with E-state index >= 15 is 0 Å². The lowest BCUT2D eigenvalue weighted by atomic mass is 9.90. The Morgan fingerprint density at radius 1 is 1.19 bits per heavy atom. The molecule has 2 fully saturated rings. The first-order chi connectivity index (χ1) is 10.1. The molecule has 3 rings (SSSR count).